The molecule has 268 valence electrons. The van der Waals surface area contributed by atoms with Crippen molar-refractivity contribution in [1.29, 1.82) is 0 Å². The summed E-state index contributed by atoms with van der Waals surface area (Å²) in [6, 6.07) is 32.6. The summed E-state index contributed by atoms with van der Waals surface area (Å²) in [5.74, 6) is -1.11. The molecule has 8 bridgehead atoms. The standard InChI is InChI=1S/C44H25F3N2O3S3/c45-29-9-1-25(2-10-29)41-33-17-18-34(48-33)42(26-3-11-30(46)12-4-26)39-23-24-40(54-39)44(28-7-15-32(16-8-28)55(50,51)52)36-20-19-35(49-36)43(38-22-21-37(41)53-38)27-5-13-31(47)14-6-27/h1-24H,(H,50,51,52). The fourth-order valence-electron chi connectivity index (χ4n) is 6.80. The molecule has 2 aliphatic rings. The molecule has 3 aromatic heterocycles. The molecule has 0 saturated heterocycles. The zero-order chi connectivity index (χ0) is 37.8. The molecule has 0 fully saturated rings. The van der Waals surface area contributed by atoms with Gasteiger partial charge in [0.05, 0.1) is 27.7 Å². The molecule has 0 radical (unpaired) electrons. The van der Waals surface area contributed by atoms with Crippen molar-refractivity contribution in [3.05, 3.63) is 162 Å². The Morgan fingerprint density at radius 3 is 0.909 bits per heavy atom. The van der Waals surface area contributed by atoms with E-state index in [1.165, 1.54) is 71.2 Å². The molecular formula is C44H25F3N2O3S3. The number of hydrogen-bond donors (Lipinski definition) is 1. The van der Waals surface area contributed by atoms with Crippen molar-refractivity contribution >= 4 is 75.9 Å². The van der Waals surface area contributed by atoms with Crippen molar-refractivity contribution in [2.75, 3.05) is 0 Å². The molecule has 1 N–H and O–H groups in total. The van der Waals surface area contributed by atoms with Crippen LogP contribution in [0, 0.1) is 17.5 Å². The van der Waals surface area contributed by atoms with Gasteiger partial charge in [-0.2, -0.15) is 8.42 Å². The Labute approximate surface area is 321 Å². The molecule has 0 aliphatic carbocycles. The van der Waals surface area contributed by atoms with E-state index in [1.807, 2.05) is 48.6 Å². The van der Waals surface area contributed by atoms with Crippen molar-refractivity contribution in [1.82, 2.24) is 9.97 Å². The van der Waals surface area contributed by atoms with E-state index in [1.54, 1.807) is 48.5 Å². The maximum atomic E-state index is 14.3. The SMILES string of the molecule is O=S(=O)(O)c1ccc(-c2c3nc(c(-c4ccc(F)cc4)c4ccc(s4)c(-c4ccc(F)cc4)c4nc(c(-c5ccc(F)cc5)c5ccc2s5)C=C4)C=C3)cc1. The Hall–Kier alpha value is -5.98. The van der Waals surface area contributed by atoms with Crippen LogP contribution in [0.2, 0.25) is 0 Å². The lowest BCUT2D eigenvalue weighted by Crippen LogP contribution is -1.97. The van der Waals surface area contributed by atoms with Crippen LogP contribution in [0.3, 0.4) is 0 Å². The predicted molar refractivity (Wildman–Crippen MR) is 217 cm³/mol. The molecule has 5 heterocycles. The number of halogens is 3. The van der Waals surface area contributed by atoms with Crippen LogP contribution >= 0.6 is 22.7 Å². The Morgan fingerprint density at radius 1 is 0.400 bits per heavy atom. The van der Waals surface area contributed by atoms with Crippen LogP contribution in [0.4, 0.5) is 13.2 Å². The normalized spacial score (nSPS) is 12.4. The highest BCUT2D eigenvalue weighted by molar-refractivity contribution is 7.85. The summed E-state index contributed by atoms with van der Waals surface area (Å²) in [7, 11) is -4.44. The minimum absolute atomic E-state index is 0.240. The van der Waals surface area contributed by atoms with Crippen LogP contribution in [0.25, 0.3) is 87.6 Å². The lowest BCUT2D eigenvalue weighted by Gasteiger charge is -2.07. The predicted octanol–water partition coefficient (Wildman–Crippen LogP) is 12.5. The van der Waals surface area contributed by atoms with E-state index in [9.17, 15) is 26.1 Å². The third kappa shape index (κ3) is 6.61. The van der Waals surface area contributed by atoms with Crippen molar-refractivity contribution in [3.8, 4) is 44.5 Å². The summed E-state index contributed by atoms with van der Waals surface area (Å²) >= 11 is 2.97. The molecule has 0 unspecified atom stereocenters. The van der Waals surface area contributed by atoms with Gasteiger partial charge in [0.2, 0.25) is 0 Å². The average Bonchev–Trinajstić information content (AvgIpc) is 4.01. The fraction of sp³-hybridized carbons (Fsp3) is 0. The van der Waals surface area contributed by atoms with Crippen LogP contribution in [0.1, 0.15) is 22.8 Å². The van der Waals surface area contributed by atoms with E-state index < -0.39 is 10.1 Å². The first kappa shape index (κ1) is 34.8. The number of fused-ring (bicyclic) bond motifs is 8. The summed E-state index contributed by atoms with van der Waals surface area (Å²) in [6.07, 6.45) is 7.64. The molecular weight excluding hydrogens is 758 g/mol. The second kappa shape index (κ2) is 13.7. The summed E-state index contributed by atoms with van der Waals surface area (Å²) in [5, 5.41) is 0. The smallest absolute Gasteiger partial charge is 0.282 e. The highest BCUT2D eigenvalue weighted by Crippen LogP contribution is 2.43. The Bertz CT molecular complexity index is 2960. The minimum atomic E-state index is -4.44. The van der Waals surface area contributed by atoms with E-state index in [0.717, 1.165) is 52.2 Å². The topological polar surface area (TPSA) is 80.2 Å². The van der Waals surface area contributed by atoms with Gasteiger partial charge in [0, 0.05) is 41.1 Å². The van der Waals surface area contributed by atoms with Gasteiger partial charge in [-0.15, -0.1) is 22.7 Å². The van der Waals surface area contributed by atoms with Gasteiger partial charge >= 0.3 is 0 Å². The van der Waals surface area contributed by atoms with E-state index in [0.29, 0.717) is 33.9 Å². The maximum absolute atomic E-state index is 14.3. The van der Waals surface area contributed by atoms with Crippen molar-refractivity contribution in [2.45, 2.75) is 4.90 Å². The Morgan fingerprint density at radius 2 is 0.655 bits per heavy atom. The monoisotopic (exact) mass is 782 g/mol. The van der Waals surface area contributed by atoms with Gasteiger partial charge in [-0.3, -0.25) is 4.55 Å². The zero-order valence-corrected chi connectivity index (χ0v) is 30.8. The van der Waals surface area contributed by atoms with Gasteiger partial charge in [0.15, 0.2) is 0 Å². The van der Waals surface area contributed by atoms with Crippen molar-refractivity contribution < 1.29 is 26.1 Å². The highest BCUT2D eigenvalue weighted by atomic mass is 32.2. The highest BCUT2D eigenvalue weighted by Gasteiger charge is 2.20. The van der Waals surface area contributed by atoms with E-state index in [2.05, 4.69) is 0 Å². The lowest BCUT2D eigenvalue weighted by atomic mass is 10.0. The number of nitrogens with zero attached hydrogens (tertiary/aromatic N) is 2. The lowest BCUT2D eigenvalue weighted by molar-refractivity contribution is 0.483. The third-order valence-corrected chi connectivity index (χ3v) is 12.5. The van der Waals surface area contributed by atoms with Gasteiger partial charge < -0.3 is 0 Å². The number of aromatic nitrogens is 2. The van der Waals surface area contributed by atoms with Gasteiger partial charge in [0.1, 0.15) is 17.5 Å². The molecule has 0 spiro atoms. The number of hydrogen-bond acceptors (Lipinski definition) is 6. The quantitative estimate of drug-likeness (QED) is 0.176. The first-order chi connectivity index (χ1) is 26.6. The Kier molecular flexibility index (Phi) is 8.66. The molecule has 2 aliphatic heterocycles. The molecule has 5 nitrogen and oxygen atoms in total. The molecule has 0 amide bonds. The van der Waals surface area contributed by atoms with Gasteiger partial charge in [0.25, 0.3) is 10.1 Å². The van der Waals surface area contributed by atoms with Crippen LogP contribution in [-0.4, -0.2) is 22.9 Å². The number of benzene rings is 4. The number of thiophene rings is 2. The molecule has 11 heteroatoms. The minimum Gasteiger partial charge on any atom is -0.282 e. The zero-order valence-electron chi connectivity index (χ0n) is 28.4. The van der Waals surface area contributed by atoms with E-state index in [-0.39, 0.29) is 22.3 Å². The second-order valence-electron chi connectivity index (χ2n) is 12.8. The van der Waals surface area contributed by atoms with Crippen molar-refractivity contribution in [3.63, 3.8) is 0 Å². The number of rotatable bonds is 5. The average molecular weight is 783 g/mol. The van der Waals surface area contributed by atoms with Crippen molar-refractivity contribution in [2.24, 2.45) is 0 Å². The summed E-state index contributed by atoms with van der Waals surface area (Å²) in [4.78, 5) is 10.1. The van der Waals surface area contributed by atoms with Crippen LogP contribution in [-0.2, 0) is 10.1 Å². The third-order valence-electron chi connectivity index (χ3n) is 9.34. The summed E-state index contributed by atoms with van der Waals surface area (Å²) in [6.45, 7) is 0. The van der Waals surface area contributed by atoms with Gasteiger partial charge in [-0.1, -0.05) is 48.5 Å². The maximum Gasteiger partial charge on any atom is 0.294 e. The van der Waals surface area contributed by atoms with Crippen LogP contribution in [0.15, 0.2) is 126 Å². The summed E-state index contributed by atoms with van der Waals surface area (Å²) < 4.78 is 79.7. The van der Waals surface area contributed by atoms with E-state index >= 15 is 0 Å². The first-order valence-electron chi connectivity index (χ1n) is 16.9. The largest absolute Gasteiger partial charge is 0.294 e. The van der Waals surface area contributed by atoms with E-state index in [4.69, 9.17) is 9.97 Å². The second-order valence-corrected chi connectivity index (χ2v) is 16.4. The first-order valence-corrected chi connectivity index (χ1v) is 20.0. The molecule has 4 aromatic carbocycles. The molecule has 0 saturated carbocycles. The molecule has 9 rings (SSSR count). The van der Waals surface area contributed by atoms with Crippen LogP contribution in [0.5, 0.6) is 0 Å². The van der Waals surface area contributed by atoms with Gasteiger partial charge in [-0.25, -0.2) is 23.1 Å². The Balaban J connectivity index is 1.45. The van der Waals surface area contributed by atoms with Crippen LogP contribution < -0.4 is 0 Å². The molecule has 7 aromatic rings. The fourth-order valence-corrected chi connectivity index (χ4v) is 9.60. The summed E-state index contributed by atoms with van der Waals surface area (Å²) in [5.41, 5.74) is 8.47. The van der Waals surface area contributed by atoms with Gasteiger partial charge in [-0.05, 0) is 119 Å². The molecule has 55 heavy (non-hydrogen) atoms. The molecule has 0 atom stereocenters.